The number of amidine groups is 1. The van der Waals surface area contributed by atoms with Crippen molar-refractivity contribution in [2.75, 3.05) is 6.54 Å². The third-order valence-corrected chi connectivity index (χ3v) is 7.29. The summed E-state index contributed by atoms with van der Waals surface area (Å²) in [6, 6.07) is 0. The van der Waals surface area contributed by atoms with E-state index in [0.29, 0.717) is 17.9 Å². The molecule has 2 fully saturated rings. The summed E-state index contributed by atoms with van der Waals surface area (Å²) in [5.41, 5.74) is 2.47. The van der Waals surface area contributed by atoms with Gasteiger partial charge in [0.25, 0.3) is 16.4 Å². The molecular weight excluding hydrogens is 384 g/mol. The molecule has 1 saturated carbocycles. The Bertz CT molecular complexity index is 797. The molecule has 0 aromatic rings. The van der Waals surface area contributed by atoms with Gasteiger partial charge >= 0.3 is 0 Å². The van der Waals surface area contributed by atoms with E-state index >= 15 is 0 Å². The Kier molecular flexibility index (Phi) is 4.77. The SMILES string of the molecule is CC(C)(C)C1=CC=C(Cl)C2C(=NS(=O)(=O)C3CC3)NN(CC(F)F)C12C. The third kappa shape index (κ3) is 3.31. The summed E-state index contributed by atoms with van der Waals surface area (Å²) in [4.78, 5) is 0. The highest BCUT2D eigenvalue weighted by Gasteiger charge is 2.57. The zero-order valence-electron chi connectivity index (χ0n) is 15.3. The van der Waals surface area contributed by atoms with Gasteiger partial charge in [0.05, 0.1) is 23.3 Å². The monoisotopic (exact) mass is 407 g/mol. The second-order valence-corrected chi connectivity index (χ2v) is 10.6. The zero-order chi connectivity index (χ0) is 19.5. The summed E-state index contributed by atoms with van der Waals surface area (Å²) in [7, 11) is -3.67. The summed E-state index contributed by atoms with van der Waals surface area (Å²) >= 11 is 6.43. The van der Waals surface area contributed by atoms with E-state index in [2.05, 4.69) is 9.82 Å². The van der Waals surface area contributed by atoms with Crippen molar-refractivity contribution in [3.05, 3.63) is 22.8 Å². The van der Waals surface area contributed by atoms with Crippen molar-refractivity contribution in [2.45, 2.75) is 57.8 Å². The molecule has 1 N–H and O–H groups in total. The third-order valence-electron chi connectivity index (χ3n) is 5.18. The normalized spacial score (nSPS) is 31.7. The van der Waals surface area contributed by atoms with Crippen molar-refractivity contribution < 1.29 is 17.2 Å². The van der Waals surface area contributed by atoms with Crippen LogP contribution in [0.3, 0.4) is 0 Å². The summed E-state index contributed by atoms with van der Waals surface area (Å²) < 4.78 is 55.2. The van der Waals surface area contributed by atoms with Crippen molar-refractivity contribution >= 4 is 27.5 Å². The molecule has 0 aromatic heterocycles. The number of nitrogens with zero attached hydrogens (tertiary/aromatic N) is 2. The number of fused-ring (bicyclic) bond motifs is 1. The first-order valence-corrected chi connectivity index (χ1v) is 10.5. The lowest BCUT2D eigenvalue weighted by atomic mass is 9.67. The minimum absolute atomic E-state index is 0.121. The number of nitrogens with one attached hydrogen (secondary N) is 1. The number of allylic oxidation sites excluding steroid dienone is 2. The van der Waals surface area contributed by atoms with E-state index in [0.717, 1.165) is 5.57 Å². The smallest absolute Gasteiger partial charge is 0.257 e. The Balaban J connectivity index is 2.12. The van der Waals surface area contributed by atoms with Gasteiger partial charge < -0.3 is 5.43 Å². The highest BCUT2D eigenvalue weighted by atomic mass is 35.5. The molecule has 1 aliphatic heterocycles. The van der Waals surface area contributed by atoms with E-state index in [9.17, 15) is 17.2 Å². The molecule has 0 aromatic carbocycles. The van der Waals surface area contributed by atoms with E-state index < -0.39 is 39.7 Å². The molecular formula is C17H24ClF2N3O2S. The van der Waals surface area contributed by atoms with E-state index in [4.69, 9.17) is 11.6 Å². The minimum Gasteiger partial charge on any atom is -0.304 e. The second kappa shape index (κ2) is 6.27. The minimum atomic E-state index is -3.67. The molecule has 2 unspecified atom stereocenters. The number of hydrazine groups is 1. The molecule has 146 valence electrons. The summed E-state index contributed by atoms with van der Waals surface area (Å²) in [6.45, 7) is 7.22. The van der Waals surface area contributed by atoms with Gasteiger partial charge in [-0.15, -0.1) is 4.40 Å². The molecule has 3 rings (SSSR count). The lowest BCUT2D eigenvalue weighted by Crippen LogP contribution is -2.54. The summed E-state index contributed by atoms with van der Waals surface area (Å²) in [5, 5.41) is 1.29. The Morgan fingerprint density at radius 3 is 2.50 bits per heavy atom. The molecule has 0 bridgehead atoms. The Hall–Kier alpha value is -0.990. The van der Waals surface area contributed by atoms with Crippen LogP contribution in [0.5, 0.6) is 0 Å². The molecule has 1 saturated heterocycles. The van der Waals surface area contributed by atoms with Crippen LogP contribution >= 0.6 is 11.6 Å². The number of sulfonamides is 1. The van der Waals surface area contributed by atoms with Crippen LogP contribution in [-0.2, 0) is 10.0 Å². The number of rotatable bonds is 4. The number of hydrogen-bond donors (Lipinski definition) is 1. The predicted octanol–water partition coefficient (Wildman–Crippen LogP) is 3.45. The fraction of sp³-hybridized carbons (Fsp3) is 0.706. The molecule has 5 nitrogen and oxygen atoms in total. The average molecular weight is 408 g/mol. The van der Waals surface area contributed by atoms with E-state index in [1.807, 2.05) is 33.8 Å². The summed E-state index contributed by atoms with van der Waals surface area (Å²) in [5.74, 6) is -0.508. The molecule has 2 aliphatic carbocycles. The van der Waals surface area contributed by atoms with Gasteiger partial charge in [0.15, 0.2) is 0 Å². The molecule has 26 heavy (non-hydrogen) atoms. The van der Waals surface area contributed by atoms with Crippen LogP contribution in [0.25, 0.3) is 0 Å². The molecule has 2 atom stereocenters. The van der Waals surface area contributed by atoms with Crippen LogP contribution in [-0.4, -0.2) is 43.0 Å². The maximum absolute atomic E-state index is 13.2. The fourth-order valence-corrected chi connectivity index (χ4v) is 5.58. The molecule has 1 heterocycles. The van der Waals surface area contributed by atoms with Gasteiger partial charge in [-0.25, -0.2) is 22.2 Å². The number of alkyl halides is 2. The van der Waals surface area contributed by atoms with Gasteiger partial charge in [0.1, 0.15) is 5.84 Å². The maximum Gasteiger partial charge on any atom is 0.257 e. The second-order valence-electron chi connectivity index (χ2n) is 8.27. The Labute approximate surface area is 158 Å². The van der Waals surface area contributed by atoms with Crippen molar-refractivity contribution in [3.8, 4) is 0 Å². The predicted molar refractivity (Wildman–Crippen MR) is 98.6 cm³/mol. The number of halogens is 3. The molecule has 9 heteroatoms. The first-order valence-electron chi connectivity index (χ1n) is 8.62. The van der Waals surface area contributed by atoms with Crippen molar-refractivity contribution in [2.24, 2.45) is 15.7 Å². The number of hydrogen-bond acceptors (Lipinski definition) is 3. The van der Waals surface area contributed by atoms with Crippen LogP contribution in [0.1, 0.15) is 40.5 Å². The van der Waals surface area contributed by atoms with Crippen LogP contribution in [0, 0.1) is 11.3 Å². The lowest BCUT2D eigenvalue weighted by molar-refractivity contribution is 0.0261. The van der Waals surface area contributed by atoms with Crippen molar-refractivity contribution in [3.63, 3.8) is 0 Å². The van der Waals surface area contributed by atoms with Crippen LogP contribution in [0.15, 0.2) is 27.2 Å². The van der Waals surface area contributed by atoms with Crippen LogP contribution < -0.4 is 5.43 Å². The average Bonchev–Trinajstić information content (AvgIpc) is 3.25. The quantitative estimate of drug-likeness (QED) is 0.775. The largest absolute Gasteiger partial charge is 0.304 e. The van der Waals surface area contributed by atoms with Gasteiger partial charge in [0, 0.05) is 5.03 Å². The first-order chi connectivity index (χ1) is 11.9. The molecule has 0 radical (unpaired) electrons. The molecule has 0 amide bonds. The van der Waals surface area contributed by atoms with E-state index in [1.165, 1.54) is 5.01 Å². The first kappa shape index (κ1) is 19.8. The summed E-state index contributed by atoms with van der Waals surface area (Å²) in [6.07, 6.45) is 2.13. The van der Waals surface area contributed by atoms with Gasteiger partial charge in [-0.1, -0.05) is 38.4 Å². The van der Waals surface area contributed by atoms with E-state index in [-0.39, 0.29) is 11.3 Å². The van der Waals surface area contributed by atoms with Crippen molar-refractivity contribution in [1.82, 2.24) is 10.4 Å². The van der Waals surface area contributed by atoms with Crippen molar-refractivity contribution in [1.29, 1.82) is 0 Å². The van der Waals surface area contributed by atoms with Crippen LogP contribution in [0.2, 0.25) is 0 Å². The topological polar surface area (TPSA) is 61.8 Å². The Morgan fingerprint density at radius 2 is 2.00 bits per heavy atom. The maximum atomic E-state index is 13.2. The zero-order valence-corrected chi connectivity index (χ0v) is 16.8. The van der Waals surface area contributed by atoms with Gasteiger partial charge in [-0.2, -0.15) is 0 Å². The highest BCUT2D eigenvalue weighted by molar-refractivity contribution is 7.91. The Morgan fingerprint density at radius 1 is 1.38 bits per heavy atom. The van der Waals surface area contributed by atoms with E-state index in [1.54, 1.807) is 6.08 Å². The fourth-order valence-electron chi connectivity index (χ4n) is 3.90. The van der Waals surface area contributed by atoms with Crippen LogP contribution in [0.4, 0.5) is 8.78 Å². The highest BCUT2D eigenvalue weighted by Crippen LogP contribution is 2.50. The lowest BCUT2D eigenvalue weighted by Gasteiger charge is -2.45. The van der Waals surface area contributed by atoms with Gasteiger partial charge in [0.2, 0.25) is 0 Å². The van der Waals surface area contributed by atoms with Gasteiger partial charge in [-0.3, -0.25) is 0 Å². The standard InChI is InChI=1S/C17H24ClF2N3O2S/c1-16(2,3)12-8-7-11(18)14-15(22-26(24,25)10-5-6-10)21-23(9-13(19)20)17(12,14)4/h7-8,10,13-14H,5-6,9H2,1-4H3,(H,21,22). The molecule has 0 spiro atoms. The molecule has 3 aliphatic rings. The van der Waals surface area contributed by atoms with Gasteiger partial charge in [-0.05, 0) is 36.8 Å².